The quantitative estimate of drug-likeness (QED) is 0.474. The first-order valence-corrected chi connectivity index (χ1v) is 9.74. The molecule has 4 nitrogen and oxygen atoms in total. The van der Waals surface area contributed by atoms with Gasteiger partial charge in [-0.1, -0.05) is 6.42 Å². The van der Waals surface area contributed by atoms with Crippen LogP contribution in [0.1, 0.15) is 72.1 Å². The van der Waals surface area contributed by atoms with Gasteiger partial charge in [-0.2, -0.15) is 4.40 Å². The van der Waals surface area contributed by atoms with E-state index in [9.17, 15) is 4.21 Å². The first-order valence-electron chi connectivity index (χ1n) is 8.64. The maximum atomic E-state index is 11.8. The Morgan fingerprint density at radius 2 is 1.86 bits per heavy atom. The lowest BCUT2D eigenvalue weighted by Crippen LogP contribution is -2.30. The fraction of sp³-hybridized carbons (Fsp3) is 0.941. The monoisotopic (exact) mass is 329 g/mol. The average Bonchev–Trinajstić information content (AvgIpc) is 3.13. The number of rotatable bonds is 9. The van der Waals surface area contributed by atoms with Gasteiger partial charge in [0.1, 0.15) is 11.0 Å². The van der Waals surface area contributed by atoms with Crippen molar-refractivity contribution < 1.29 is 13.7 Å². The zero-order valence-electron chi connectivity index (χ0n) is 14.3. The van der Waals surface area contributed by atoms with Crippen LogP contribution in [-0.2, 0) is 20.5 Å². The molecule has 1 aliphatic carbocycles. The molecule has 1 heterocycles. The van der Waals surface area contributed by atoms with E-state index in [4.69, 9.17) is 9.47 Å². The third kappa shape index (κ3) is 6.09. The van der Waals surface area contributed by atoms with Crippen molar-refractivity contribution in [2.45, 2.75) is 82.7 Å². The Hall–Kier alpha value is -0.260. The Morgan fingerprint density at radius 3 is 2.45 bits per heavy atom. The molecule has 5 heteroatoms. The number of unbranched alkanes of at least 4 members (excludes halogenated alkanes) is 3. The standard InChI is InChI=1S/C17H31NO3S/c1-16(2,3)22(19)18-11-7-5-4-6-10-17(14-15-8-9-15)20-12-13-21-17/h11,15H,4-10,12-14H2,1-3H3/t22-/m1/s1. The van der Waals surface area contributed by atoms with Crippen LogP contribution >= 0.6 is 0 Å². The summed E-state index contributed by atoms with van der Waals surface area (Å²) < 4.78 is 27.4. The van der Waals surface area contributed by atoms with Crippen molar-refractivity contribution in [1.29, 1.82) is 0 Å². The second-order valence-electron chi connectivity index (χ2n) is 7.50. The van der Waals surface area contributed by atoms with Crippen molar-refractivity contribution in [3.8, 4) is 0 Å². The second-order valence-corrected chi connectivity index (χ2v) is 9.44. The van der Waals surface area contributed by atoms with Crippen molar-refractivity contribution in [3.63, 3.8) is 0 Å². The molecule has 0 aromatic carbocycles. The maximum absolute atomic E-state index is 11.8. The molecule has 2 aliphatic rings. The van der Waals surface area contributed by atoms with Crippen LogP contribution in [0, 0.1) is 5.92 Å². The van der Waals surface area contributed by atoms with E-state index in [0.717, 1.165) is 57.7 Å². The molecule has 128 valence electrons. The van der Waals surface area contributed by atoms with Crippen molar-refractivity contribution in [2.75, 3.05) is 13.2 Å². The van der Waals surface area contributed by atoms with Crippen LogP contribution in [0.3, 0.4) is 0 Å². The van der Waals surface area contributed by atoms with Gasteiger partial charge < -0.3 is 9.47 Å². The van der Waals surface area contributed by atoms with Crippen LogP contribution in [0.2, 0.25) is 0 Å². The lowest BCUT2D eigenvalue weighted by atomic mass is 10.0. The molecule has 0 amide bonds. The molecule has 1 atom stereocenters. The molecule has 1 saturated heterocycles. The van der Waals surface area contributed by atoms with E-state index in [1.54, 1.807) is 0 Å². The highest BCUT2D eigenvalue weighted by Gasteiger charge is 2.41. The Morgan fingerprint density at radius 1 is 1.18 bits per heavy atom. The van der Waals surface area contributed by atoms with Crippen molar-refractivity contribution in [1.82, 2.24) is 0 Å². The van der Waals surface area contributed by atoms with Crippen LogP contribution in [-0.4, -0.2) is 34.2 Å². The molecule has 2 fully saturated rings. The van der Waals surface area contributed by atoms with E-state index in [0.29, 0.717) is 0 Å². The first-order chi connectivity index (χ1) is 10.4. The Labute approximate surface area is 137 Å². The second kappa shape index (κ2) is 8.02. The zero-order chi connectivity index (χ0) is 16.1. The average molecular weight is 330 g/mol. The van der Waals surface area contributed by atoms with Crippen LogP contribution in [0.15, 0.2) is 4.40 Å². The summed E-state index contributed by atoms with van der Waals surface area (Å²) in [5.41, 5.74) is 0. The van der Waals surface area contributed by atoms with Crippen LogP contribution in [0.5, 0.6) is 0 Å². The van der Waals surface area contributed by atoms with Crippen molar-refractivity contribution in [3.05, 3.63) is 0 Å². The summed E-state index contributed by atoms with van der Waals surface area (Å²) in [6, 6.07) is 0. The minimum absolute atomic E-state index is 0.261. The Balaban J connectivity index is 1.58. The highest BCUT2D eigenvalue weighted by molar-refractivity contribution is 7.85. The topological polar surface area (TPSA) is 47.9 Å². The largest absolute Gasteiger partial charge is 0.348 e. The van der Waals surface area contributed by atoms with Gasteiger partial charge in [0.2, 0.25) is 0 Å². The maximum Gasteiger partial charge on any atom is 0.168 e. The van der Waals surface area contributed by atoms with Gasteiger partial charge in [0.15, 0.2) is 5.79 Å². The third-order valence-corrected chi connectivity index (χ3v) is 5.58. The van der Waals surface area contributed by atoms with Gasteiger partial charge in [-0.15, -0.1) is 0 Å². The lowest BCUT2D eigenvalue weighted by Gasteiger charge is -2.27. The van der Waals surface area contributed by atoms with Crippen LogP contribution in [0.25, 0.3) is 0 Å². The first kappa shape index (κ1) is 18.1. The molecule has 22 heavy (non-hydrogen) atoms. The normalized spacial score (nSPS) is 23.2. The van der Waals surface area contributed by atoms with E-state index >= 15 is 0 Å². The summed E-state index contributed by atoms with van der Waals surface area (Å²) in [5.74, 6) is 0.556. The minimum atomic E-state index is -1.12. The van der Waals surface area contributed by atoms with Gasteiger partial charge in [0, 0.05) is 19.1 Å². The summed E-state index contributed by atoms with van der Waals surface area (Å²) in [5, 5.41) is 0. The summed E-state index contributed by atoms with van der Waals surface area (Å²) in [4.78, 5) is 0. The molecule has 0 bridgehead atoms. The molecule has 0 N–H and O–H groups in total. The van der Waals surface area contributed by atoms with Gasteiger partial charge in [-0.25, -0.2) is 4.21 Å². The van der Waals surface area contributed by atoms with Gasteiger partial charge in [0.05, 0.1) is 18.0 Å². The number of ether oxygens (including phenoxy) is 2. The Kier molecular flexibility index (Phi) is 6.59. The summed E-state index contributed by atoms with van der Waals surface area (Å²) in [7, 11) is -1.12. The molecular formula is C17H31NO3S. The summed E-state index contributed by atoms with van der Waals surface area (Å²) >= 11 is 0. The molecule has 0 spiro atoms. The molecule has 0 aromatic heterocycles. The zero-order valence-corrected chi connectivity index (χ0v) is 15.1. The summed E-state index contributed by atoms with van der Waals surface area (Å²) in [6.45, 7) is 7.33. The highest BCUT2D eigenvalue weighted by Crippen LogP contribution is 2.42. The van der Waals surface area contributed by atoms with E-state index in [2.05, 4.69) is 4.40 Å². The van der Waals surface area contributed by atoms with Gasteiger partial charge in [-0.05, 0) is 58.8 Å². The van der Waals surface area contributed by atoms with E-state index in [1.165, 1.54) is 12.8 Å². The molecule has 0 radical (unpaired) electrons. The Bertz CT molecular complexity index is 393. The van der Waals surface area contributed by atoms with E-state index < -0.39 is 11.0 Å². The SMILES string of the molecule is CC(C)(C)[S@@](=O)N=CCCCCCC1(CC2CC2)OCCO1. The van der Waals surface area contributed by atoms with Gasteiger partial charge in [-0.3, -0.25) is 0 Å². The fourth-order valence-corrected chi connectivity index (χ4v) is 3.27. The van der Waals surface area contributed by atoms with E-state index in [-0.39, 0.29) is 10.5 Å². The van der Waals surface area contributed by atoms with Crippen LogP contribution < -0.4 is 0 Å². The molecule has 2 rings (SSSR count). The third-order valence-electron chi connectivity index (χ3n) is 4.20. The van der Waals surface area contributed by atoms with Gasteiger partial charge in [0.25, 0.3) is 0 Å². The smallest absolute Gasteiger partial charge is 0.168 e. The number of nitrogens with zero attached hydrogens (tertiary/aromatic N) is 1. The predicted octanol–water partition coefficient (Wildman–Crippen LogP) is 4.01. The molecule has 0 unspecified atom stereocenters. The van der Waals surface area contributed by atoms with Crippen molar-refractivity contribution >= 4 is 17.2 Å². The predicted molar refractivity (Wildman–Crippen MR) is 91.4 cm³/mol. The lowest BCUT2D eigenvalue weighted by molar-refractivity contribution is -0.170. The highest BCUT2D eigenvalue weighted by atomic mass is 32.2. The van der Waals surface area contributed by atoms with E-state index in [1.807, 2.05) is 27.0 Å². The van der Waals surface area contributed by atoms with Gasteiger partial charge >= 0.3 is 0 Å². The van der Waals surface area contributed by atoms with Crippen LogP contribution in [0.4, 0.5) is 0 Å². The molecule has 1 aliphatic heterocycles. The molecule has 1 saturated carbocycles. The van der Waals surface area contributed by atoms with Crippen molar-refractivity contribution in [2.24, 2.45) is 10.3 Å². The fourth-order valence-electron chi connectivity index (χ4n) is 2.71. The number of hydrogen-bond acceptors (Lipinski definition) is 3. The minimum Gasteiger partial charge on any atom is -0.348 e. The number of hydrogen-bond donors (Lipinski definition) is 0. The summed E-state index contributed by atoms with van der Waals surface area (Å²) in [6.07, 6.45) is 10.9. The molecule has 0 aromatic rings. The molecular weight excluding hydrogens is 298 g/mol.